The Kier molecular flexibility index (Phi) is 4.38. The van der Waals surface area contributed by atoms with E-state index < -0.39 is 17.6 Å². The van der Waals surface area contributed by atoms with Crippen molar-refractivity contribution in [1.82, 2.24) is 9.97 Å². The molecule has 0 saturated carbocycles. The van der Waals surface area contributed by atoms with Crippen LogP contribution in [0.1, 0.15) is 17.5 Å². The molecule has 0 spiro atoms. The summed E-state index contributed by atoms with van der Waals surface area (Å²) in [7, 11) is 0. The number of fused-ring (bicyclic) bond motifs is 1. The van der Waals surface area contributed by atoms with Crippen LogP contribution >= 0.6 is 0 Å². The summed E-state index contributed by atoms with van der Waals surface area (Å²) in [5.74, 6) is -0.429. The fourth-order valence-corrected chi connectivity index (χ4v) is 2.91. The zero-order valence-corrected chi connectivity index (χ0v) is 14.4. The van der Waals surface area contributed by atoms with Crippen molar-refractivity contribution < 1.29 is 18.0 Å². The van der Waals surface area contributed by atoms with Gasteiger partial charge in [-0.05, 0) is 29.8 Å². The summed E-state index contributed by atoms with van der Waals surface area (Å²) >= 11 is 0. The van der Waals surface area contributed by atoms with Crippen LogP contribution in [0.5, 0.6) is 0 Å². The Balaban J connectivity index is 1.76. The van der Waals surface area contributed by atoms with E-state index in [9.17, 15) is 18.0 Å². The molecule has 0 radical (unpaired) electrons. The Labute approximate surface area is 158 Å². The highest BCUT2D eigenvalue weighted by Crippen LogP contribution is 2.36. The molecule has 2 aromatic carbocycles. The molecule has 3 aromatic rings. The van der Waals surface area contributed by atoms with E-state index in [-0.39, 0.29) is 17.8 Å². The van der Waals surface area contributed by atoms with Crippen LogP contribution in [0.15, 0.2) is 66.0 Å². The molecule has 8 heteroatoms. The number of carbonyl (C=O) groups is 1. The Morgan fingerprint density at radius 3 is 2.57 bits per heavy atom. The predicted molar refractivity (Wildman–Crippen MR) is 98.4 cm³/mol. The zero-order chi connectivity index (χ0) is 19.7. The molecule has 0 atom stereocenters. The third-order valence-corrected chi connectivity index (χ3v) is 4.24. The third kappa shape index (κ3) is 3.62. The van der Waals surface area contributed by atoms with Crippen molar-refractivity contribution in [3.8, 4) is 11.3 Å². The predicted octanol–water partition coefficient (Wildman–Crippen LogP) is 4.63. The van der Waals surface area contributed by atoms with Crippen LogP contribution in [-0.2, 0) is 11.0 Å². The van der Waals surface area contributed by atoms with Crippen molar-refractivity contribution in [2.75, 3.05) is 5.32 Å². The number of halogens is 3. The lowest BCUT2D eigenvalue weighted by Crippen LogP contribution is -2.15. The van der Waals surface area contributed by atoms with Crippen molar-refractivity contribution in [2.45, 2.75) is 12.6 Å². The van der Waals surface area contributed by atoms with E-state index in [1.165, 1.54) is 6.07 Å². The number of carbonyl (C=O) groups excluding carboxylic acids is 1. The number of amides is 1. The molecule has 1 aliphatic rings. The normalized spacial score (nSPS) is 14.0. The van der Waals surface area contributed by atoms with Gasteiger partial charge in [0, 0.05) is 18.0 Å². The van der Waals surface area contributed by atoms with Crippen LogP contribution in [0.4, 0.5) is 24.5 Å². The molecule has 0 aliphatic carbocycles. The number of anilines is 1. The average molecular weight is 382 g/mol. The van der Waals surface area contributed by atoms with Gasteiger partial charge in [0.15, 0.2) is 0 Å². The molecule has 1 aromatic heterocycles. The minimum atomic E-state index is -4.50. The van der Waals surface area contributed by atoms with Gasteiger partial charge in [-0.15, -0.1) is 0 Å². The zero-order valence-electron chi connectivity index (χ0n) is 14.4. The smallest absolute Gasteiger partial charge is 0.324 e. The number of hydrogen-bond donors (Lipinski definition) is 1. The van der Waals surface area contributed by atoms with Gasteiger partial charge in [0.05, 0.1) is 41.0 Å². The van der Waals surface area contributed by atoms with Crippen molar-refractivity contribution in [3.05, 3.63) is 72.2 Å². The van der Waals surface area contributed by atoms with Crippen molar-refractivity contribution in [1.29, 1.82) is 0 Å². The first kappa shape index (κ1) is 17.8. The number of rotatable bonds is 2. The van der Waals surface area contributed by atoms with Crippen LogP contribution in [0.3, 0.4) is 0 Å². The van der Waals surface area contributed by atoms with Crippen molar-refractivity contribution in [3.63, 3.8) is 0 Å². The maximum Gasteiger partial charge on any atom is 0.416 e. The lowest BCUT2D eigenvalue weighted by molar-refractivity contribution is -0.137. The first-order valence-corrected chi connectivity index (χ1v) is 8.36. The summed E-state index contributed by atoms with van der Waals surface area (Å²) in [5, 5.41) is 2.51. The topological polar surface area (TPSA) is 67.2 Å². The number of nitrogens with one attached hydrogen (secondary N) is 1. The van der Waals surface area contributed by atoms with E-state index in [0.717, 1.165) is 17.7 Å². The molecule has 1 amide bonds. The largest absolute Gasteiger partial charge is 0.416 e. The van der Waals surface area contributed by atoms with Crippen molar-refractivity contribution >= 4 is 23.0 Å². The molecule has 5 nitrogen and oxygen atoms in total. The Morgan fingerprint density at radius 2 is 1.82 bits per heavy atom. The van der Waals surface area contributed by atoms with Crippen LogP contribution in [0.2, 0.25) is 0 Å². The number of nitrogens with zero attached hydrogens (tertiary/aromatic N) is 3. The molecular formula is C20H13F3N4O. The quantitative estimate of drug-likeness (QED) is 0.703. The second-order valence-electron chi connectivity index (χ2n) is 6.18. The SMILES string of the molecule is O=C1CC(c2cccc(-c3cnccn3)c2)=Nc2ccc(C(F)(F)F)cc2N1. The van der Waals surface area contributed by atoms with E-state index in [1.54, 1.807) is 30.7 Å². The van der Waals surface area contributed by atoms with Crippen LogP contribution in [0.25, 0.3) is 11.3 Å². The monoisotopic (exact) mass is 382 g/mol. The van der Waals surface area contributed by atoms with Crippen LogP contribution in [0, 0.1) is 0 Å². The highest BCUT2D eigenvalue weighted by molar-refractivity contribution is 6.17. The molecule has 0 unspecified atom stereocenters. The summed E-state index contributed by atoms with van der Waals surface area (Å²) in [4.78, 5) is 25.0. The molecular weight excluding hydrogens is 369 g/mol. The fourth-order valence-electron chi connectivity index (χ4n) is 2.91. The van der Waals surface area contributed by atoms with E-state index in [4.69, 9.17) is 0 Å². The highest BCUT2D eigenvalue weighted by Gasteiger charge is 2.31. The van der Waals surface area contributed by atoms with Crippen molar-refractivity contribution in [2.24, 2.45) is 4.99 Å². The number of aromatic nitrogens is 2. The highest BCUT2D eigenvalue weighted by atomic mass is 19.4. The lowest BCUT2D eigenvalue weighted by Gasteiger charge is -2.10. The van der Waals surface area contributed by atoms with Crippen LogP contribution < -0.4 is 5.32 Å². The molecule has 0 bridgehead atoms. The summed E-state index contributed by atoms with van der Waals surface area (Å²) in [6.45, 7) is 0. The minimum Gasteiger partial charge on any atom is -0.324 e. The first-order valence-electron chi connectivity index (χ1n) is 8.36. The Hall–Kier alpha value is -3.55. The fraction of sp³-hybridized carbons (Fsp3) is 0.100. The number of aliphatic imine (C=N–C) groups is 1. The molecule has 2 heterocycles. The summed E-state index contributed by atoms with van der Waals surface area (Å²) in [6.07, 6.45) is 0.213. The van der Waals surface area contributed by atoms with Gasteiger partial charge in [-0.3, -0.25) is 19.8 Å². The van der Waals surface area contributed by atoms with Gasteiger partial charge in [0.2, 0.25) is 5.91 Å². The van der Waals surface area contributed by atoms with E-state index >= 15 is 0 Å². The van der Waals surface area contributed by atoms with E-state index in [0.29, 0.717) is 17.0 Å². The first-order chi connectivity index (χ1) is 13.4. The Morgan fingerprint density at radius 1 is 1.00 bits per heavy atom. The Bertz CT molecular complexity index is 1080. The standard InChI is InChI=1S/C20H13F3N4O/c21-20(22,23)14-4-5-15-17(9-14)27-19(28)10-16(26-15)12-2-1-3-13(8-12)18-11-24-6-7-25-18/h1-9,11H,10H2,(H,27,28). The van der Waals surface area contributed by atoms with Gasteiger partial charge in [0.1, 0.15) is 0 Å². The molecule has 28 heavy (non-hydrogen) atoms. The maximum atomic E-state index is 12.9. The van der Waals surface area contributed by atoms with E-state index in [2.05, 4.69) is 20.3 Å². The van der Waals surface area contributed by atoms with Gasteiger partial charge in [-0.1, -0.05) is 18.2 Å². The van der Waals surface area contributed by atoms with Gasteiger partial charge in [-0.2, -0.15) is 13.2 Å². The maximum absolute atomic E-state index is 12.9. The van der Waals surface area contributed by atoms with E-state index in [1.807, 2.05) is 12.1 Å². The van der Waals surface area contributed by atoms with Gasteiger partial charge >= 0.3 is 6.18 Å². The van der Waals surface area contributed by atoms with Gasteiger partial charge < -0.3 is 5.32 Å². The summed E-state index contributed by atoms with van der Waals surface area (Å²) in [6, 6.07) is 10.4. The average Bonchev–Trinajstić information content (AvgIpc) is 2.85. The van der Waals surface area contributed by atoms with Crippen LogP contribution in [-0.4, -0.2) is 21.6 Å². The lowest BCUT2D eigenvalue weighted by atomic mass is 10.0. The minimum absolute atomic E-state index is 0.0416. The molecule has 0 saturated heterocycles. The van der Waals surface area contributed by atoms with Gasteiger partial charge in [0.25, 0.3) is 0 Å². The number of hydrogen-bond acceptors (Lipinski definition) is 4. The summed E-state index contributed by atoms with van der Waals surface area (Å²) in [5.41, 5.74) is 2.09. The molecule has 1 aliphatic heterocycles. The molecule has 4 rings (SSSR count). The number of alkyl halides is 3. The summed E-state index contributed by atoms with van der Waals surface area (Å²) < 4.78 is 38.8. The number of benzene rings is 2. The third-order valence-electron chi connectivity index (χ3n) is 4.24. The second kappa shape index (κ2) is 6.88. The second-order valence-corrected chi connectivity index (χ2v) is 6.18. The molecule has 1 N–H and O–H groups in total. The molecule has 0 fully saturated rings. The van der Waals surface area contributed by atoms with Gasteiger partial charge in [-0.25, -0.2) is 0 Å². The molecule has 140 valence electrons.